The molecular weight excluding hydrogens is 292 g/mol. The van der Waals surface area contributed by atoms with Crippen LogP contribution in [0.3, 0.4) is 0 Å². The standard InChI is InChI=1S/C15H22N2O3.ClH/c1-15(2,3)13(16)14(19)17(10-12(18)20-4)11-8-6-5-7-9-11;/h5-9,13H,10,16H2,1-4H3;1H/t13-;/m1./s1. The molecule has 0 fully saturated rings. The highest BCUT2D eigenvalue weighted by molar-refractivity contribution is 6.01. The first-order chi connectivity index (χ1) is 9.27. The molecule has 0 spiro atoms. The molecule has 1 atom stereocenters. The number of hydrogen-bond acceptors (Lipinski definition) is 4. The van der Waals surface area contributed by atoms with E-state index >= 15 is 0 Å². The van der Waals surface area contributed by atoms with E-state index in [4.69, 9.17) is 5.73 Å². The van der Waals surface area contributed by atoms with Gasteiger partial charge in [0, 0.05) is 5.69 Å². The van der Waals surface area contributed by atoms with E-state index in [1.807, 2.05) is 26.8 Å². The number of ether oxygens (including phenoxy) is 1. The SMILES string of the molecule is COC(=O)CN(C(=O)[C@@H](N)C(C)(C)C)c1ccccc1.Cl. The van der Waals surface area contributed by atoms with Crippen molar-refractivity contribution in [2.24, 2.45) is 11.1 Å². The van der Waals surface area contributed by atoms with E-state index in [1.165, 1.54) is 12.0 Å². The summed E-state index contributed by atoms with van der Waals surface area (Å²) in [7, 11) is 1.29. The minimum atomic E-state index is -0.702. The highest BCUT2D eigenvalue weighted by atomic mass is 35.5. The van der Waals surface area contributed by atoms with Gasteiger partial charge in [0.05, 0.1) is 13.2 Å². The van der Waals surface area contributed by atoms with E-state index in [9.17, 15) is 9.59 Å². The van der Waals surface area contributed by atoms with Gasteiger partial charge in [-0.1, -0.05) is 39.0 Å². The number of esters is 1. The van der Waals surface area contributed by atoms with Crippen LogP contribution in [0.15, 0.2) is 30.3 Å². The number of anilines is 1. The molecule has 5 nitrogen and oxygen atoms in total. The number of rotatable bonds is 4. The molecule has 0 aliphatic carbocycles. The predicted molar refractivity (Wildman–Crippen MR) is 85.5 cm³/mol. The van der Waals surface area contributed by atoms with Crippen LogP contribution in [-0.2, 0) is 14.3 Å². The summed E-state index contributed by atoms with van der Waals surface area (Å²) in [4.78, 5) is 25.4. The number of amides is 1. The van der Waals surface area contributed by atoms with Crippen molar-refractivity contribution in [2.45, 2.75) is 26.8 Å². The summed E-state index contributed by atoms with van der Waals surface area (Å²) in [6.07, 6.45) is 0. The van der Waals surface area contributed by atoms with Crippen LogP contribution in [0.25, 0.3) is 0 Å². The molecule has 0 bridgehead atoms. The van der Waals surface area contributed by atoms with Gasteiger partial charge in [-0.25, -0.2) is 0 Å². The number of carbonyl (C=O) groups excluding carboxylic acids is 2. The Kier molecular flexibility index (Phi) is 7.39. The third kappa shape index (κ3) is 5.36. The molecule has 1 aromatic carbocycles. The molecule has 0 saturated heterocycles. The van der Waals surface area contributed by atoms with Gasteiger partial charge in [-0.2, -0.15) is 0 Å². The summed E-state index contributed by atoms with van der Waals surface area (Å²) in [6, 6.07) is 8.26. The van der Waals surface area contributed by atoms with Crippen molar-refractivity contribution in [3.63, 3.8) is 0 Å². The number of para-hydroxylation sites is 1. The van der Waals surface area contributed by atoms with E-state index in [1.54, 1.807) is 24.3 Å². The smallest absolute Gasteiger partial charge is 0.325 e. The van der Waals surface area contributed by atoms with Crippen LogP contribution in [-0.4, -0.2) is 31.6 Å². The number of nitrogens with two attached hydrogens (primary N) is 1. The van der Waals surface area contributed by atoms with Crippen molar-refractivity contribution in [1.29, 1.82) is 0 Å². The van der Waals surface area contributed by atoms with Gasteiger partial charge in [0.2, 0.25) is 5.91 Å². The second-order valence-electron chi connectivity index (χ2n) is 5.68. The number of benzene rings is 1. The molecule has 2 N–H and O–H groups in total. The van der Waals surface area contributed by atoms with E-state index < -0.39 is 12.0 Å². The van der Waals surface area contributed by atoms with Crippen molar-refractivity contribution in [2.75, 3.05) is 18.6 Å². The van der Waals surface area contributed by atoms with Gasteiger partial charge in [-0.15, -0.1) is 12.4 Å². The highest BCUT2D eigenvalue weighted by Gasteiger charge is 2.32. The molecule has 6 heteroatoms. The van der Waals surface area contributed by atoms with Crippen LogP contribution in [0.5, 0.6) is 0 Å². The topological polar surface area (TPSA) is 72.6 Å². The molecule has 118 valence electrons. The second kappa shape index (κ2) is 8.00. The maximum Gasteiger partial charge on any atom is 0.325 e. The molecule has 0 radical (unpaired) electrons. The molecule has 0 saturated carbocycles. The monoisotopic (exact) mass is 314 g/mol. The lowest BCUT2D eigenvalue weighted by Gasteiger charge is -2.31. The fraction of sp³-hybridized carbons (Fsp3) is 0.467. The second-order valence-corrected chi connectivity index (χ2v) is 5.68. The Morgan fingerprint density at radius 3 is 2.19 bits per heavy atom. The molecule has 0 unspecified atom stereocenters. The number of nitrogens with zero attached hydrogens (tertiary/aromatic N) is 1. The quantitative estimate of drug-likeness (QED) is 0.863. The average molecular weight is 315 g/mol. The lowest BCUT2D eigenvalue weighted by atomic mass is 9.86. The van der Waals surface area contributed by atoms with E-state index in [0.717, 1.165) is 0 Å². The minimum absolute atomic E-state index is 0. The Hall–Kier alpha value is -1.59. The molecule has 0 heterocycles. The maximum atomic E-state index is 12.5. The summed E-state index contributed by atoms with van der Waals surface area (Å²) in [5.41, 5.74) is 6.25. The van der Waals surface area contributed by atoms with E-state index in [-0.39, 0.29) is 30.3 Å². The highest BCUT2D eigenvalue weighted by Crippen LogP contribution is 2.22. The first-order valence-electron chi connectivity index (χ1n) is 6.46. The summed E-state index contributed by atoms with van der Waals surface area (Å²) in [5.74, 6) is -0.780. The van der Waals surface area contributed by atoms with Gasteiger partial charge >= 0.3 is 5.97 Å². The van der Waals surface area contributed by atoms with Crippen LogP contribution in [0, 0.1) is 5.41 Å². The van der Waals surface area contributed by atoms with Gasteiger partial charge in [-0.3, -0.25) is 14.5 Å². The molecule has 1 rings (SSSR count). The normalized spacial score (nSPS) is 12.0. The van der Waals surface area contributed by atoms with Crippen molar-refractivity contribution in [3.8, 4) is 0 Å². The predicted octanol–water partition coefficient (Wildman–Crippen LogP) is 1.99. The molecule has 1 aromatic rings. The summed E-state index contributed by atoms with van der Waals surface area (Å²) < 4.78 is 4.64. The fourth-order valence-electron chi connectivity index (χ4n) is 1.64. The minimum Gasteiger partial charge on any atom is -0.468 e. The Balaban J connectivity index is 0.00000400. The molecule has 0 aromatic heterocycles. The van der Waals surface area contributed by atoms with Gasteiger partial charge in [0.25, 0.3) is 0 Å². The van der Waals surface area contributed by atoms with Crippen LogP contribution >= 0.6 is 12.4 Å². The summed E-state index contributed by atoms with van der Waals surface area (Å²) in [5, 5.41) is 0. The Morgan fingerprint density at radius 1 is 1.24 bits per heavy atom. The number of halogens is 1. The van der Waals surface area contributed by atoms with E-state index in [2.05, 4.69) is 4.74 Å². The lowest BCUT2D eigenvalue weighted by Crippen LogP contribution is -2.52. The molecule has 0 aliphatic rings. The van der Waals surface area contributed by atoms with E-state index in [0.29, 0.717) is 5.69 Å². The van der Waals surface area contributed by atoms with Gasteiger partial charge in [-0.05, 0) is 17.5 Å². The summed E-state index contributed by atoms with van der Waals surface area (Å²) >= 11 is 0. The Morgan fingerprint density at radius 2 is 1.76 bits per heavy atom. The first kappa shape index (κ1) is 19.4. The zero-order valence-corrected chi connectivity index (χ0v) is 13.6. The maximum absolute atomic E-state index is 12.5. The van der Waals surface area contributed by atoms with Crippen molar-refractivity contribution < 1.29 is 14.3 Å². The number of hydrogen-bond donors (Lipinski definition) is 1. The molecule has 0 aliphatic heterocycles. The van der Waals surface area contributed by atoms with Crippen LogP contribution in [0.4, 0.5) is 5.69 Å². The van der Waals surface area contributed by atoms with Crippen molar-refractivity contribution in [3.05, 3.63) is 30.3 Å². The largest absolute Gasteiger partial charge is 0.468 e. The zero-order valence-electron chi connectivity index (χ0n) is 12.8. The van der Waals surface area contributed by atoms with Gasteiger partial charge in [0.1, 0.15) is 6.54 Å². The molecule has 1 amide bonds. The zero-order chi connectivity index (χ0) is 15.3. The van der Waals surface area contributed by atoms with Gasteiger partial charge in [0.15, 0.2) is 0 Å². The van der Waals surface area contributed by atoms with Crippen LogP contribution in [0.1, 0.15) is 20.8 Å². The van der Waals surface area contributed by atoms with Crippen LogP contribution in [0.2, 0.25) is 0 Å². The number of methoxy groups -OCH3 is 1. The summed E-state index contributed by atoms with van der Waals surface area (Å²) in [6.45, 7) is 5.51. The molecule has 21 heavy (non-hydrogen) atoms. The third-order valence-corrected chi connectivity index (χ3v) is 3.05. The van der Waals surface area contributed by atoms with Gasteiger partial charge < -0.3 is 10.5 Å². The van der Waals surface area contributed by atoms with Crippen molar-refractivity contribution in [1.82, 2.24) is 0 Å². The Labute approximate surface area is 131 Å². The average Bonchev–Trinajstić information content (AvgIpc) is 2.42. The number of carbonyl (C=O) groups is 2. The van der Waals surface area contributed by atoms with Crippen molar-refractivity contribution >= 4 is 30.0 Å². The Bertz CT molecular complexity index is 472. The fourth-order valence-corrected chi connectivity index (χ4v) is 1.64. The first-order valence-corrected chi connectivity index (χ1v) is 6.46. The molecular formula is C15H23ClN2O3. The lowest BCUT2D eigenvalue weighted by molar-refractivity contribution is -0.140. The third-order valence-electron chi connectivity index (χ3n) is 3.05. The van der Waals surface area contributed by atoms with Crippen LogP contribution < -0.4 is 10.6 Å².